The topological polar surface area (TPSA) is 45.2 Å². The van der Waals surface area contributed by atoms with Crippen LogP contribution in [-0.2, 0) is 5.41 Å². The van der Waals surface area contributed by atoms with Gasteiger partial charge in [0.05, 0.1) is 7.11 Å². The van der Waals surface area contributed by atoms with Crippen molar-refractivity contribution >= 4 is 0 Å². The SMILES string of the molecule is COc1ccc(OCC(O)CN(C)C2CCN(C)CC2)c(C(C)(C)C)c1. The molecule has 0 saturated carbocycles. The van der Waals surface area contributed by atoms with Gasteiger partial charge in [-0.25, -0.2) is 0 Å². The van der Waals surface area contributed by atoms with E-state index in [4.69, 9.17) is 9.47 Å². The number of hydrogen-bond donors (Lipinski definition) is 1. The molecule has 1 aromatic carbocycles. The van der Waals surface area contributed by atoms with E-state index in [2.05, 4.69) is 44.7 Å². The van der Waals surface area contributed by atoms with Crippen molar-refractivity contribution < 1.29 is 14.6 Å². The molecular formula is C21H36N2O3. The van der Waals surface area contributed by atoms with Crippen molar-refractivity contribution in [1.29, 1.82) is 0 Å². The Morgan fingerprint density at radius 3 is 2.50 bits per heavy atom. The van der Waals surface area contributed by atoms with Crippen LogP contribution in [0.25, 0.3) is 0 Å². The fourth-order valence-corrected chi connectivity index (χ4v) is 3.50. The van der Waals surface area contributed by atoms with Crippen LogP contribution in [0, 0.1) is 0 Å². The van der Waals surface area contributed by atoms with Gasteiger partial charge in [0.25, 0.3) is 0 Å². The first-order valence-electron chi connectivity index (χ1n) is 9.59. The Labute approximate surface area is 158 Å². The number of piperidine rings is 1. The van der Waals surface area contributed by atoms with E-state index in [1.165, 1.54) is 0 Å². The quantitative estimate of drug-likeness (QED) is 0.806. The number of methoxy groups -OCH3 is 1. The smallest absolute Gasteiger partial charge is 0.123 e. The normalized spacial score (nSPS) is 18.2. The molecule has 0 aliphatic carbocycles. The molecule has 1 atom stereocenters. The summed E-state index contributed by atoms with van der Waals surface area (Å²) in [6, 6.07) is 6.41. The molecule has 1 unspecified atom stereocenters. The lowest BCUT2D eigenvalue weighted by Gasteiger charge is -2.36. The number of likely N-dealkylation sites (tertiary alicyclic amines) is 1. The number of benzene rings is 1. The first kappa shape index (κ1) is 21.0. The summed E-state index contributed by atoms with van der Waals surface area (Å²) < 4.78 is 11.3. The summed E-state index contributed by atoms with van der Waals surface area (Å²) in [4.78, 5) is 4.64. The van der Waals surface area contributed by atoms with E-state index >= 15 is 0 Å². The Morgan fingerprint density at radius 2 is 1.92 bits per heavy atom. The summed E-state index contributed by atoms with van der Waals surface area (Å²) in [5.74, 6) is 1.64. The van der Waals surface area contributed by atoms with Crippen molar-refractivity contribution in [3.05, 3.63) is 23.8 Å². The third-order valence-corrected chi connectivity index (χ3v) is 5.24. The molecule has 1 aromatic rings. The van der Waals surface area contributed by atoms with Gasteiger partial charge in [-0.2, -0.15) is 0 Å². The molecule has 0 spiro atoms. The van der Waals surface area contributed by atoms with Crippen molar-refractivity contribution in [3.63, 3.8) is 0 Å². The van der Waals surface area contributed by atoms with Gasteiger partial charge in [0.15, 0.2) is 0 Å². The average molecular weight is 365 g/mol. The van der Waals surface area contributed by atoms with Crippen LogP contribution < -0.4 is 9.47 Å². The predicted molar refractivity (Wildman–Crippen MR) is 106 cm³/mol. The average Bonchev–Trinajstić information content (AvgIpc) is 2.59. The fourth-order valence-electron chi connectivity index (χ4n) is 3.50. The van der Waals surface area contributed by atoms with Gasteiger partial charge in [-0.3, -0.25) is 0 Å². The number of likely N-dealkylation sites (N-methyl/N-ethyl adjacent to an activating group) is 1. The summed E-state index contributed by atoms with van der Waals surface area (Å²) in [6.45, 7) is 9.64. The highest BCUT2D eigenvalue weighted by atomic mass is 16.5. The molecule has 0 bridgehead atoms. The highest BCUT2D eigenvalue weighted by Crippen LogP contribution is 2.34. The molecule has 5 nitrogen and oxygen atoms in total. The fraction of sp³-hybridized carbons (Fsp3) is 0.714. The highest BCUT2D eigenvalue weighted by Gasteiger charge is 2.23. The van der Waals surface area contributed by atoms with Crippen molar-refractivity contribution in [2.75, 3.05) is 47.4 Å². The molecule has 1 heterocycles. The summed E-state index contributed by atoms with van der Waals surface area (Å²) >= 11 is 0. The molecule has 1 N–H and O–H groups in total. The van der Waals surface area contributed by atoms with Crippen LogP contribution in [0.3, 0.4) is 0 Å². The Bertz CT molecular complexity index is 563. The molecule has 148 valence electrons. The lowest BCUT2D eigenvalue weighted by atomic mass is 9.86. The van der Waals surface area contributed by atoms with E-state index in [-0.39, 0.29) is 5.41 Å². The van der Waals surface area contributed by atoms with Gasteiger partial charge in [0.1, 0.15) is 24.2 Å². The van der Waals surface area contributed by atoms with Crippen LogP contribution in [0.5, 0.6) is 11.5 Å². The number of ether oxygens (including phenoxy) is 2. The van der Waals surface area contributed by atoms with Gasteiger partial charge >= 0.3 is 0 Å². The zero-order valence-corrected chi connectivity index (χ0v) is 17.3. The Kier molecular flexibility index (Phi) is 7.33. The minimum atomic E-state index is -0.505. The maximum Gasteiger partial charge on any atom is 0.123 e. The second kappa shape index (κ2) is 9.07. The zero-order valence-electron chi connectivity index (χ0n) is 17.3. The van der Waals surface area contributed by atoms with Crippen LogP contribution in [0.2, 0.25) is 0 Å². The second-order valence-electron chi connectivity index (χ2n) is 8.55. The number of aliphatic hydroxyl groups excluding tert-OH is 1. The summed E-state index contributed by atoms with van der Waals surface area (Å²) in [5, 5.41) is 10.5. The first-order chi connectivity index (χ1) is 12.2. The zero-order chi connectivity index (χ0) is 19.3. The molecule has 26 heavy (non-hydrogen) atoms. The summed E-state index contributed by atoms with van der Waals surface area (Å²) in [5.41, 5.74) is 1.03. The van der Waals surface area contributed by atoms with E-state index in [0.29, 0.717) is 19.2 Å². The van der Waals surface area contributed by atoms with E-state index in [1.54, 1.807) is 7.11 Å². The monoisotopic (exact) mass is 364 g/mol. The van der Waals surface area contributed by atoms with Gasteiger partial charge in [-0.1, -0.05) is 20.8 Å². The molecular weight excluding hydrogens is 328 g/mol. The van der Waals surface area contributed by atoms with Gasteiger partial charge in [0.2, 0.25) is 0 Å². The Balaban J connectivity index is 1.91. The van der Waals surface area contributed by atoms with Crippen molar-refractivity contribution in [2.24, 2.45) is 0 Å². The molecule has 1 saturated heterocycles. The second-order valence-corrected chi connectivity index (χ2v) is 8.55. The van der Waals surface area contributed by atoms with Crippen LogP contribution in [-0.4, -0.2) is 74.5 Å². The molecule has 1 aliphatic rings. The minimum absolute atomic E-state index is 0.0558. The number of aliphatic hydroxyl groups is 1. The van der Waals surface area contributed by atoms with E-state index in [1.807, 2.05) is 18.2 Å². The van der Waals surface area contributed by atoms with Crippen LogP contribution in [0.1, 0.15) is 39.2 Å². The highest BCUT2D eigenvalue weighted by molar-refractivity contribution is 5.44. The van der Waals surface area contributed by atoms with Gasteiger partial charge in [-0.05, 0) is 63.6 Å². The lowest BCUT2D eigenvalue weighted by molar-refractivity contribution is 0.0493. The van der Waals surface area contributed by atoms with Crippen molar-refractivity contribution in [3.8, 4) is 11.5 Å². The van der Waals surface area contributed by atoms with Crippen LogP contribution >= 0.6 is 0 Å². The van der Waals surface area contributed by atoms with Crippen LogP contribution in [0.4, 0.5) is 0 Å². The third-order valence-electron chi connectivity index (χ3n) is 5.24. The van der Waals surface area contributed by atoms with E-state index in [0.717, 1.165) is 43.0 Å². The van der Waals surface area contributed by atoms with Crippen molar-refractivity contribution in [2.45, 2.75) is 51.2 Å². The molecule has 0 radical (unpaired) electrons. The van der Waals surface area contributed by atoms with E-state index < -0.39 is 6.10 Å². The number of rotatable bonds is 7. The van der Waals surface area contributed by atoms with Crippen molar-refractivity contribution in [1.82, 2.24) is 9.80 Å². The Hall–Kier alpha value is -1.30. The largest absolute Gasteiger partial charge is 0.497 e. The van der Waals surface area contributed by atoms with Gasteiger partial charge in [-0.15, -0.1) is 0 Å². The minimum Gasteiger partial charge on any atom is -0.497 e. The lowest BCUT2D eigenvalue weighted by Crippen LogP contribution is -2.45. The first-order valence-corrected chi connectivity index (χ1v) is 9.59. The number of nitrogens with zero attached hydrogens (tertiary/aromatic N) is 2. The maximum atomic E-state index is 10.5. The number of hydrogen-bond acceptors (Lipinski definition) is 5. The van der Waals surface area contributed by atoms with Gasteiger partial charge < -0.3 is 24.4 Å². The summed E-state index contributed by atoms with van der Waals surface area (Å²) in [6.07, 6.45) is 1.81. The summed E-state index contributed by atoms with van der Waals surface area (Å²) in [7, 11) is 5.94. The standard InChI is InChI=1S/C21H36N2O3/c1-21(2,3)19-13-18(25-6)7-8-20(19)26-15-17(24)14-23(5)16-9-11-22(4)12-10-16/h7-8,13,16-17,24H,9-12,14-15H2,1-6H3. The molecule has 1 aliphatic heterocycles. The molecule has 0 aromatic heterocycles. The molecule has 1 fully saturated rings. The Morgan fingerprint density at radius 1 is 1.27 bits per heavy atom. The van der Waals surface area contributed by atoms with E-state index in [9.17, 15) is 5.11 Å². The third kappa shape index (κ3) is 5.86. The maximum absolute atomic E-state index is 10.5. The molecule has 2 rings (SSSR count). The van der Waals surface area contributed by atoms with Gasteiger partial charge in [0, 0.05) is 18.2 Å². The van der Waals surface area contributed by atoms with Crippen LogP contribution in [0.15, 0.2) is 18.2 Å². The molecule has 0 amide bonds. The predicted octanol–water partition coefficient (Wildman–Crippen LogP) is 2.76. The molecule has 5 heteroatoms.